The molecule has 1 aromatic carbocycles. The van der Waals surface area contributed by atoms with Gasteiger partial charge in [-0.05, 0) is 50.2 Å². The van der Waals surface area contributed by atoms with Crippen LogP contribution in [0.5, 0.6) is 0 Å². The van der Waals surface area contributed by atoms with Crippen LogP contribution in [0.2, 0.25) is 4.34 Å². The van der Waals surface area contributed by atoms with Crippen molar-refractivity contribution in [2.75, 3.05) is 11.9 Å². The number of imidazole rings is 1. The van der Waals surface area contributed by atoms with Crippen molar-refractivity contribution in [3.63, 3.8) is 0 Å². The van der Waals surface area contributed by atoms with E-state index in [1.165, 1.54) is 35.6 Å². The average molecular weight is 447 g/mol. The van der Waals surface area contributed by atoms with Crippen LogP contribution >= 0.6 is 22.9 Å². The molecule has 0 saturated heterocycles. The zero-order valence-corrected chi connectivity index (χ0v) is 18.2. The first-order chi connectivity index (χ1) is 14.5. The fourth-order valence-electron chi connectivity index (χ4n) is 2.80. The van der Waals surface area contributed by atoms with Gasteiger partial charge in [-0.15, -0.1) is 17.3 Å². The van der Waals surface area contributed by atoms with Gasteiger partial charge in [0.05, 0.1) is 4.34 Å². The molecule has 30 heavy (non-hydrogen) atoms. The monoisotopic (exact) mass is 446 g/mol. The summed E-state index contributed by atoms with van der Waals surface area (Å²) in [4.78, 5) is 13.6. The molecule has 0 bridgehead atoms. The Morgan fingerprint density at radius 1 is 1.33 bits per heavy atom. The van der Waals surface area contributed by atoms with Gasteiger partial charge < -0.3 is 10.1 Å². The highest BCUT2D eigenvalue weighted by Crippen LogP contribution is 2.29. The number of rotatable bonds is 8. The van der Waals surface area contributed by atoms with Crippen LogP contribution in [0.3, 0.4) is 0 Å². The van der Waals surface area contributed by atoms with Crippen molar-refractivity contribution in [1.29, 1.82) is 0 Å². The second-order valence-corrected chi connectivity index (χ2v) is 8.34. The number of hydrogen-bond acceptors (Lipinski definition) is 3. The summed E-state index contributed by atoms with van der Waals surface area (Å²) < 4.78 is 23.4. The maximum atomic E-state index is 13.0. The highest BCUT2D eigenvalue weighted by molar-refractivity contribution is 7.16. The lowest BCUT2D eigenvalue weighted by molar-refractivity contribution is -0.704. The van der Waals surface area contributed by atoms with Gasteiger partial charge in [0.2, 0.25) is 6.33 Å². The van der Waals surface area contributed by atoms with E-state index in [4.69, 9.17) is 16.3 Å². The number of amides is 1. The molecule has 0 fully saturated rings. The average Bonchev–Trinajstić information content (AvgIpc) is 3.37. The Labute approximate surface area is 184 Å². The van der Waals surface area contributed by atoms with Crippen molar-refractivity contribution in [1.82, 2.24) is 4.57 Å². The minimum absolute atomic E-state index is 0.194. The maximum absolute atomic E-state index is 13.0. The number of aromatic nitrogens is 2. The second-order valence-electron chi connectivity index (χ2n) is 6.60. The number of hydrogen-bond donors (Lipinski definition) is 1. The summed E-state index contributed by atoms with van der Waals surface area (Å²) >= 11 is 7.56. The van der Waals surface area contributed by atoms with Gasteiger partial charge in [0.15, 0.2) is 6.04 Å². The Hall–Kier alpha value is -2.66. The fraction of sp³-hybridized carbons (Fsp3) is 0.273. The summed E-state index contributed by atoms with van der Waals surface area (Å²) in [5, 5.41) is 2.79. The number of halogens is 2. The van der Waals surface area contributed by atoms with Gasteiger partial charge in [-0.3, -0.25) is 4.79 Å². The number of carbonyl (C=O) groups excluding carboxylic acids is 1. The Bertz CT molecular complexity index is 1050. The highest BCUT2D eigenvalue weighted by atomic mass is 35.5. The molecule has 2 atom stereocenters. The lowest BCUT2D eigenvalue weighted by Gasteiger charge is -2.13. The van der Waals surface area contributed by atoms with Crippen LogP contribution in [-0.2, 0) is 16.1 Å². The maximum Gasteiger partial charge on any atom is 0.269 e. The summed E-state index contributed by atoms with van der Waals surface area (Å²) in [6, 6.07) is 9.03. The summed E-state index contributed by atoms with van der Waals surface area (Å²) in [6.45, 7) is 4.46. The number of ether oxygens (including phenoxy) is 1. The van der Waals surface area contributed by atoms with Gasteiger partial charge >= 0.3 is 0 Å². The summed E-state index contributed by atoms with van der Waals surface area (Å²) in [7, 11) is 0. The number of carbonyl (C=O) groups is 1. The molecule has 0 aliphatic carbocycles. The van der Waals surface area contributed by atoms with E-state index in [1.807, 2.05) is 40.0 Å². The van der Waals surface area contributed by atoms with Crippen molar-refractivity contribution in [2.45, 2.75) is 32.5 Å². The molecule has 3 aromatic rings. The van der Waals surface area contributed by atoms with Gasteiger partial charge in [0.25, 0.3) is 5.91 Å². The summed E-state index contributed by atoms with van der Waals surface area (Å²) in [5.41, 5.74) is 0.549. The quantitative estimate of drug-likeness (QED) is 0.405. The van der Waals surface area contributed by atoms with Crippen molar-refractivity contribution in [3.8, 4) is 11.8 Å². The van der Waals surface area contributed by atoms with E-state index in [0.717, 1.165) is 4.88 Å². The lowest BCUT2D eigenvalue weighted by atomic mass is 10.2. The van der Waals surface area contributed by atoms with E-state index in [-0.39, 0.29) is 17.8 Å². The van der Waals surface area contributed by atoms with Gasteiger partial charge in [0.1, 0.15) is 37.5 Å². The van der Waals surface area contributed by atoms with Gasteiger partial charge in [-0.25, -0.2) is 13.5 Å². The minimum Gasteiger partial charge on any atom is -0.356 e. The van der Waals surface area contributed by atoms with E-state index in [0.29, 0.717) is 23.2 Å². The minimum atomic E-state index is -0.446. The molecular weight excluding hydrogens is 425 g/mol. The molecule has 0 saturated carbocycles. The third-order valence-corrected chi connectivity index (χ3v) is 5.79. The molecular formula is C22H22ClFN3O2S+. The second kappa shape index (κ2) is 10.4. The van der Waals surface area contributed by atoms with Gasteiger partial charge in [-0.1, -0.05) is 17.5 Å². The number of nitrogens with zero attached hydrogens (tertiary/aromatic N) is 2. The Kier molecular flexibility index (Phi) is 7.63. The molecule has 0 aliphatic heterocycles. The number of nitrogens with one attached hydrogen (secondary N) is 1. The SMILES string of the molecule is CC#CCOC(C[n+]1ccn(C(C)C(=O)Nc2ccc(F)cc2)c1)c1ccc(Cl)s1. The van der Waals surface area contributed by atoms with Crippen LogP contribution in [0.15, 0.2) is 55.1 Å². The summed E-state index contributed by atoms with van der Waals surface area (Å²) in [6.07, 6.45) is 5.37. The van der Waals surface area contributed by atoms with Crippen LogP contribution in [-0.4, -0.2) is 17.1 Å². The lowest BCUT2D eigenvalue weighted by Crippen LogP contribution is -2.36. The van der Waals surface area contributed by atoms with Crippen LogP contribution in [0.4, 0.5) is 10.1 Å². The number of thiophene rings is 1. The van der Waals surface area contributed by atoms with E-state index in [1.54, 1.807) is 13.8 Å². The predicted molar refractivity (Wildman–Crippen MR) is 116 cm³/mol. The van der Waals surface area contributed by atoms with Gasteiger partial charge in [0, 0.05) is 10.6 Å². The van der Waals surface area contributed by atoms with Gasteiger partial charge in [-0.2, -0.15) is 0 Å². The molecule has 5 nitrogen and oxygen atoms in total. The predicted octanol–water partition coefficient (Wildman–Crippen LogP) is 4.61. The topological polar surface area (TPSA) is 47.1 Å². The molecule has 156 valence electrons. The Morgan fingerprint density at radius 2 is 2.10 bits per heavy atom. The zero-order valence-electron chi connectivity index (χ0n) is 16.6. The molecule has 0 aliphatic rings. The van der Waals surface area contributed by atoms with Crippen LogP contribution in [0.1, 0.15) is 30.9 Å². The normalized spacial score (nSPS) is 12.7. The van der Waals surface area contributed by atoms with E-state index in [9.17, 15) is 9.18 Å². The Morgan fingerprint density at radius 3 is 2.77 bits per heavy atom. The van der Waals surface area contributed by atoms with E-state index in [2.05, 4.69) is 17.2 Å². The first-order valence-corrected chi connectivity index (χ1v) is 10.5. The van der Waals surface area contributed by atoms with Crippen molar-refractivity contribution >= 4 is 34.5 Å². The fourth-order valence-corrected chi connectivity index (χ4v) is 3.90. The standard InChI is InChI=1S/C22H21ClFN3O2S/c1-3-4-13-29-19(20-9-10-21(23)30-20)14-26-11-12-27(15-26)16(2)22(28)25-18-7-5-17(24)6-8-18/h5-12,15-16,19H,13-14H2,1-2H3/p+1. The third-order valence-electron chi connectivity index (χ3n) is 4.47. The number of benzene rings is 1. The van der Waals surface area contributed by atoms with Crippen LogP contribution in [0, 0.1) is 17.7 Å². The smallest absolute Gasteiger partial charge is 0.269 e. The molecule has 0 radical (unpaired) electrons. The number of anilines is 1. The van der Waals surface area contributed by atoms with Crippen molar-refractivity contribution in [2.24, 2.45) is 0 Å². The molecule has 3 rings (SSSR count). The van der Waals surface area contributed by atoms with Crippen molar-refractivity contribution < 1.29 is 18.5 Å². The highest BCUT2D eigenvalue weighted by Gasteiger charge is 2.23. The van der Waals surface area contributed by atoms with E-state index >= 15 is 0 Å². The molecule has 2 unspecified atom stereocenters. The third kappa shape index (κ3) is 5.92. The Balaban J connectivity index is 1.67. The molecule has 0 spiro atoms. The molecule has 1 N–H and O–H groups in total. The van der Waals surface area contributed by atoms with Crippen molar-refractivity contribution in [3.05, 3.63) is 70.1 Å². The summed E-state index contributed by atoms with van der Waals surface area (Å²) in [5.74, 6) is 5.20. The molecule has 1 amide bonds. The van der Waals surface area contributed by atoms with Crippen LogP contribution in [0.25, 0.3) is 0 Å². The van der Waals surface area contributed by atoms with Crippen LogP contribution < -0.4 is 9.88 Å². The molecule has 2 aromatic heterocycles. The largest absolute Gasteiger partial charge is 0.356 e. The van der Waals surface area contributed by atoms with E-state index < -0.39 is 6.04 Å². The first kappa shape index (κ1) is 22.0. The molecule has 2 heterocycles. The zero-order chi connectivity index (χ0) is 21.5. The first-order valence-electron chi connectivity index (χ1n) is 9.35. The molecule has 8 heteroatoms.